The van der Waals surface area contributed by atoms with E-state index in [4.69, 9.17) is 18.9 Å². The van der Waals surface area contributed by atoms with Crippen molar-refractivity contribution < 1.29 is 28.5 Å². The molecule has 244 valence electrons. The fourth-order valence-electron chi connectivity index (χ4n) is 5.17. The van der Waals surface area contributed by atoms with Crippen molar-refractivity contribution in [2.45, 2.75) is 129 Å². The first kappa shape index (κ1) is 35.8. The van der Waals surface area contributed by atoms with Crippen molar-refractivity contribution in [1.82, 2.24) is 0 Å². The lowest BCUT2D eigenvalue weighted by atomic mass is 10.1. The van der Waals surface area contributed by atoms with Gasteiger partial charge < -0.3 is 18.9 Å². The molecule has 4 rings (SSSR count). The first-order valence-corrected chi connectivity index (χ1v) is 17.2. The minimum absolute atomic E-state index is 0.290. The van der Waals surface area contributed by atoms with Gasteiger partial charge in [0.15, 0.2) is 0 Å². The molecule has 0 radical (unpaired) electrons. The van der Waals surface area contributed by atoms with Crippen LogP contribution in [0.4, 0.5) is 0 Å². The SMILES string of the molecule is Cc1ccccc1C.O=C(OCCCCCCCCCC1CO1)c1ccccc1C(=O)OCCCCCCCCCC1CO1. The Morgan fingerprint density at radius 3 is 1.20 bits per heavy atom. The van der Waals surface area contributed by atoms with Crippen molar-refractivity contribution in [2.75, 3.05) is 26.4 Å². The molecule has 2 aliphatic rings. The predicted molar refractivity (Wildman–Crippen MR) is 176 cm³/mol. The first-order valence-electron chi connectivity index (χ1n) is 17.2. The summed E-state index contributed by atoms with van der Waals surface area (Å²) in [7, 11) is 0. The molecule has 0 spiro atoms. The Kier molecular flexibility index (Phi) is 17.8. The molecule has 2 aromatic carbocycles. The van der Waals surface area contributed by atoms with Crippen LogP contribution < -0.4 is 0 Å². The van der Waals surface area contributed by atoms with Crippen LogP contribution in [0, 0.1) is 13.8 Å². The van der Waals surface area contributed by atoms with Gasteiger partial charge in [-0.25, -0.2) is 9.59 Å². The highest BCUT2D eigenvalue weighted by Gasteiger charge is 2.22. The van der Waals surface area contributed by atoms with Gasteiger partial charge in [-0.1, -0.05) is 113 Å². The average molecular weight is 609 g/mol. The summed E-state index contributed by atoms with van der Waals surface area (Å²) in [6.45, 7) is 6.93. The van der Waals surface area contributed by atoms with Gasteiger partial charge in [0.25, 0.3) is 0 Å². The largest absolute Gasteiger partial charge is 0.462 e. The normalized spacial score (nSPS) is 16.5. The van der Waals surface area contributed by atoms with Gasteiger partial charge in [0.05, 0.1) is 49.8 Å². The highest BCUT2D eigenvalue weighted by atomic mass is 16.6. The zero-order chi connectivity index (χ0) is 31.2. The second kappa shape index (κ2) is 21.9. The monoisotopic (exact) mass is 608 g/mol. The van der Waals surface area contributed by atoms with Crippen molar-refractivity contribution in [3.05, 3.63) is 70.8 Å². The zero-order valence-electron chi connectivity index (χ0n) is 27.4. The van der Waals surface area contributed by atoms with Gasteiger partial charge in [-0.15, -0.1) is 0 Å². The minimum atomic E-state index is -0.446. The molecule has 2 atom stereocenters. The lowest BCUT2D eigenvalue weighted by Gasteiger charge is -2.10. The van der Waals surface area contributed by atoms with Crippen molar-refractivity contribution in [3.63, 3.8) is 0 Å². The van der Waals surface area contributed by atoms with E-state index in [1.165, 1.54) is 75.3 Å². The smallest absolute Gasteiger partial charge is 0.339 e. The number of unbranched alkanes of at least 4 members (excludes halogenated alkanes) is 12. The molecular formula is C38H56O6. The van der Waals surface area contributed by atoms with Crippen LogP contribution in [-0.2, 0) is 18.9 Å². The second-order valence-electron chi connectivity index (χ2n) is 12.3. The van der Waals surface area contributed by atoms with Gasteiger partial charge in [-0.2, -0.15) is 0 Å². The fourth-order valence-corrected chi connectivity index (χ4v) is 5.17. The molecule has 6 nitrogen and oxygen atoms in total. The second-order valence-corrected chi connectivity index (χ2v) is 12.3. The molecule has 2 unspecified atom stereocenters. The molecule has 2 aromatic rings. The number of benzene rings is 2. The minimum Gasteiger partial charge on any atom is -0.462 e. The maximum absolute atomic E-state index is 12.6. The highest BCUT2D eigenvalue weighted by Crippen LogP contribution is 2.19. The topological polar surface area (TPSA) is 77.7 Å². The van der Waals surface area contributed by atoms with Gasteiger partial charge in [0.1, 0.15) is 0 Å². The number of carbonyl (C=O) groups excluding carboxylic acids is 2. The van der Waals surface area contributed by atoms with Gasteiger partial charge in [-0.3, -0.25) is 0 Å². The van der Waals surface area contributed by atoms with Crippen LogP contribution in [0.5, 0.6) is 0 Å². The standard InChI is InChI=1S/C30H46O6.C8H10/c31-29(33-21-15-9-5-1-3-7-11-17-25-23-35-25)27-19-13-14-20-28(27)30(32)34-22-16-10-6-2-4-8-12-18-26-24-36-26;1-7-5-3-4-6-8(7)2/h13-14,19-20,25-26H,1-12,15-18,21-24H2;3-6H,1-2H3. The Labute approximate surface area is 266 Å². The fraction of sp³-hybridized carbons (Fsp3) is 0.632. The molecule has 0 aliphatic carbocycles. The Balaban J connectivity index is 0.000000572. The molecule has 2 fully saturated rings. The number of esters is 2. The quantitative estimate of drug-likeness (QED) is 0.0753. The Hall–Kier alpha value is -2.70. The molecule has 44 heavy (non-hydrogen) atoms. The number of aryl methyl sites for hydroxylation is 2. The molecule has 0 saturated carbocycles. The van der Waals surface area contributed by atoms with Crippen LogP contribution in [0.15, 0.2) is 48.5 Å². The summed E-state index contributed by atoms with van der Waals surface area (Å²) < 4.78 is 21.4. The van der Waals surface area contributed by atoms with Crippen LogP contribution in [0.3, 0.4) is 0 Å². The van der Waals surface area contributed by atoms with Crippen molar-refractivity contribution >= 4 is 11.9 Å². The van der Waals surface area contributed by atoms with Crippen LogP contribution in [0.2, 0.25) is 0 Å². The first-order chi connectivity index (χ1) is 21.5. The summed E-state index contributed by atoms with van der Waals surface area (Å²) in [6.07, 6.45) is 19.7. The zero-order valence-corrected chi connectivity index (χ0v) is 27.4. The van der Waals surface area contributed by atoms with Crippen molar-refractivity contribution in [2.24, 2.45) is 0 Å². The van der Waals surface area contributed by atoms with Crippen LogP contribution in [0.25, 0.3) is 0 Å². The maximum atomic E-state index is 12.6. The summed E-state index contributed by atoms with van der Waals surface area (Å²) in [4.78, 5) is 25.1. The van der Waals surface area contributed by atoms with Gasteiger partial charge in [0, 0.05) is 0 Å². The highest BCUT2D eigenvalue weighted by molar-refractivity contribution is 6.03. The number of rotatable bonds is 22. The van der Waals surface area contributed by atoms with Gasteiger partial charge in [0.2, 0.25) is 0 Å². The van der Waals surface area contributed by atoms with Crippen molar-refractivity contribution in [1.29, 1.82) is 0 Å². The Morgan fingerprint density at radius 1 is 0.545 bits per heavy atom. The third-order valence-corrected chi connectivity index (χ3v) is 8.40. The Bertz CT molecular complexity index is 990. The molecule has 0 N–H and O–H groups in total. The summed E-state index contributed by atoms with van der Waals surface area (Å²) in [5.41, 5.74) is 3.32. The number of epoxide rings is 2. The molecule has 0 amide bonds. The van der Waals surface area contributed by atoms with E-state index in [9.17, 15) is 9.59 Å². The van der Waals surface area contributed by atoms with E-state index in [1.54, 1.807) is 24.3 Å². The third kappa shape index (κ3) is 16.4. The number of hydrogen-bond acceptors (Lipinski definition) is 6. The summed E-state index contributed by atoms with van der Waals surface area (Å²) in [5.74, 6) is -0.892. The molecular weight excluding hydrogens is 552 g/mol. The van der Waals surface area contributed by atoms with E-state index in [-0.39, 0.29) is 0 Å². The van der Waals surface area contributed by atoms with E-state index in [0.717, 1.165) is 51.7 Å². The summed E-state index contributed by atoms with van der Waals surface area (Å²) in [5, 5.41) is 0. The number of ether oxygens (including phenoxy) is 4. The molecule has 2 saturated heterocycles. The average Bonchev–Trinajstić information content (AvgIpc) is 3.97. The molecule has 2 aliphatic heterocycles. The van der Waals surface area contributed by atoms with E-state index in [0.29, 0.717) is 36.5 Å². The molecule has 0 aromatic heterocycles. The van der Waals surface area contributed by atoms with E-state index >= 15 is 0 Å². The van der Waals surface area contributed by atoms with Crippen LogP contribution in [0.1, 0.15) is 135 Å². The van der Waals surface area contributed by atoms with E-state index in [1.807, 2.05) is 0 Å². The van der Waals surface area contributed by atoms with E-state index < -0.39 is 11.9 Å². The Morgan fingerprint density at radius 2 is 0.864 bits per heavy atom. The van der Waals surface area contributed by atoms with Gasteiger partial charge >= 0.3 is 11.9 Å². The maximum Gasteiger partial charge on any atom is 0.339 e. The summed E-state index contributed by atoms with van der Waals surface area (Å²) in [6, 6.07) is 15.1. The van der Waals surface area contributed by atoms with Crippen LogP contribution in [-0.4, -0.2) is 50.6 Å². The lowest BCUT2D eigenvalue weighted by Crippen LogP contribution is -2.15. The predicted octanol–water partition coefficient (Wildman–Crippen LogP) is 9.34. The lowest BCUT2D eigenvalue weighted by molar-refractivity contribution is 0.0450. The van der Waals surface area contributed by atoms with Gasteiger partial charge in [-0.05, 0) is 62.8 Å². The number of hydrogen-bond donors (Lipinski definition) is 0. The van der Waals surface area contributed by atoms with E-state index in [2.05, 4.69) is 38.1 Å². The van der Waals surface area contributed by atoms with Crippen molar-refractivity contribution in [3.8, 4) is 0 Å². The van der Waals surface area contributed by atoms with Crippen LogP contribution >= 0.6 is 0 Å². The molecule has 2 heterocycles. The summed E-state index contributed by atoms with van der Waals surface area (Å²) >= 11 is 0. The molecule has 6 heteroatoms. The number of carbonyl (C=O) groups is 2. The third-order valence-electron chi connectivity index (χ3n) is 8.40. The molecule has 0 bridgehead atoms.